The summed E-state index contributed by atoms with van der Waals surface area (Å²) in [5.41, 5.74) is 6.26. The average molecular weight is 182 g/mol. The quantitative estimate of drug-likeness (QED) is 0.669. The van der Waals surface area contributed by atoms with E-state index in [9.17, 15) is 0 Å². The third kappa shape index (κ3) is 2.05. The van der Waals surface area contributed by atoms with Crippen molar-refractivity contribution in [1.82, 2.24) is 15.0 Å². The summed E-state index contributed by atoms with van der Waals surface area (Å²) in [5.74, 6) is 0.778. The summed E-state index contributed by atoms with van der Waals surface area (Å²) in [4.78, 5) is 0. The molecule has 3 N–H and O–H groups in total. The van der Waals surface area contributed by atoms with Gasteiger partial charge >= 0.3 is 0 Å². The lowest BCUT2D eigenvalue weighted by molar-refractivity contribution is 0.266. The first kappa shape index (κ1) is 8.65. The molecule has 1 aliphatic rings. The molecule has 1 atom stereocenters. The maximum Gasteiger partial charge on any atom is 0.102 e. The Balaban J connectivity index is 1.99. The molecule has 1 fully saturated rings. The van der Waals surface area contributed by atoms with Gasteiger partial charge in [-0.3, -0.25) is 4.68 Å². The van der Waals surface area contributed by atoms with E-state index in [4.69, 9.17) is 10.8 Å². The van der Waals surface area contributed by atoms with Crippen molar-refractivity contribution in [3.8, 4) is 0 Å². The van der Waals surface area contributed by atoms with Gasteiger partial charge in [0.15, 0.2) is 0 Å². The summed E-state index contributed by atoms with van der Waals surface area (Å²) in [6, 6.07) is -0.395. The van der Waals surface area contributed by atoms with Crippen molar-refractivity contribution in [1.29, 1.82) is 0 Å². The van der Waals surface area contributed by atoms with Crippen LogP contribution in [0.2, 0.25) is 0 Å². The molecule has 0 aromatic carbocycles. The number of aliphatic hydroxyl groups excluding tert-OH is 1. The van der Waals surface area contributed by atoms with E-state index in [1.54, 1.807) is 0 Å². The minimum atomic E-state index is -0.395. The molecule has 5 nitrogen and oxygen atoms in total. The second kappa shape index (κ2) is 3.43. The van der Waals surface area contributed by atoms with Crippen LogP contribution in [0.25, 0.3) is 0 Å². The summed E-state index contributed by atoms with van der Waals surface area (Å²) < 4.78 is 1.81. The molecule has 1 aromatic rings. The van der Waals surface area contributed by atoms with Crippen molar-refractivity contribution in [2.45, 2.75) is 25.4 Å². The van der Waals surface area contributed by atoms with Crippen LogP contribution in [-0.4, -0.2) is 26.7 Å². The first-order chi connectivity index (χ1) is 6.29. The molecule has 1 saturated carbocycles. The number of hydrogen-bond acceptors (Lipinski definition) is 4. The van der Waals surface area contributed by atoms with E-state index in [0.717, 1.165) is 12.5 Å². The van der Waals surface area contributed by atoms with Crippen LogP contribution in [0.15, 0.2) is 6.20 Å². The first-order valence-electron chi connectivity index (χ1n) is 4.56. The Morgan fingerprint density at radius 3 is 3.08 bits per heavy atom. The third-order valence-electron chi connectivity index (χ3n) is 2.28. The van der Waals surface area contributed by atoms with E-state index in [0.29, 0.717) is 5.69 Å². The van der Waals surface area contributed by atoms with Crippen molar-refractivity contribution in [3.63, 3.8) is 0 Å². The molecule has 0 spiro atoms. The normalized spacial score (nSPS) is 18.9. The highest BCUT2D eigenvalue weighted by Crippen LogP contribution is 2.30. The number of nitrogens with zero attached hydrogens (tertiary/aromatic N) is 3. The number of aromatic nitrogens is 3. The van der Waals surface area contributed by atoms with Crippen molar-refractivity contribution >= 4 is 0 Å². The largest absolute Gasteiger partial charge is 0.394 e. The number of rotatable bonds is 4. The molecule has 5 heteroatoms. The van der Waals surface area contributed by atoms with E-state index in [-0.39, 0.29) is 6.61 Å². The van der Waals surface area contributed by atoms with Gasteiger partial charge in [0.2, 0.25) is 0 Å². The molecule has 13 heavy (non-hydrogen) atoms. The summed E-state index contributed by atoms with van der Waals surface area (Å²) in [6.07, 6.45) is 4.40. The zero-order chi connectivity index (χ0) is 9.26. The highest BCUT2D eigenvalue weighted by Gasteiger charge is 2.22. The summed E-state index contributed by atoms with van der Waals surface area (Å²) in [5, 5.41) is 16.6. The van der Waals surface area contributed by atoms with Gasteiger partial charge in [0.1, 0.15) is 5.69 Å². The van der Waals surface area contributed by atoms with Gasteiger partial charge in [0, 0.05) is 6.54 Å². The van der Waals surface area contributed by atoms with E-state index in [2.05, 4.69) is 10.3 Å². The molecule has 0 aliphatic heterocycles. The van der Waals surface area contributed by atoms with Gasteiger partial charge in [0.25, 0.3) is 0 Å². The molecule has 1 aromatic heterocycles. The predicted octanol–water partition coefficient (Wildman–Crippen LogP) is -0.320. The number of aliphatic hydroxyl groups is 1. The van der Waals surface area contributed by atoms with Gasteiger partial charge in [-0.1, -0.05) is 5.21 Å². The molecule has 1 heterocycles. The molecule has 2 rings (SSSR count). The van der Waals surface area contributed by atoms with Gasteiger partial charge in [-0.25, -0.2) is 0 Å². The fourth-order valence-electron chi connectivity index (χ4n) is 1.23. The Hall–Kier alpha value is -0.940. The monoisotopic (exact) mass is 182 g/mol. The van der Waals surface area contributed by atoms with Crippen molar-refractivity contribution in [3.05, 3.63) is 11.9 Å². The van der Waals surface area contributed by atoms with Crippen LogP contribution in [0.4, 0.5) is 0 Å². The third-order valence-corrected chi connectivity index (χ3v) is 2.28. The molecule has 72 valence electrons. The van der Waals surface area contributed by atoms with Gasteiger partial charge < -0.3 is 10.8 Å². The van der Waals surface area contributed by atoms with Crippen molar-refractivity contribution < 1.29 is 5.11 Å². The Kier molecular flexibility index (Phi) is 2.28. The van der Waals surface area contributed by atoms with Crippen molar-refractivity contribution in [2.75, 3.05) is 6.61 Å². The minimum Gasteiger partial charge on any atom is -0.394 e. The standard InChI is InChI=1S/C8H14N4O/c9-7(5-13)8-4-12(11-10-8)3-6-1-2-6/h4,6-7,13H,1-3,5,9H2/t7-/m0/s1. The fraction of sp³-hybridized carbons (Fsp3) is 0.750. The van der Waals surface area contributed by atoms with Gasteiger partial charge in [-0.15, -0.1) is 5.10 Å². The molecule has 0 amide bonds. The fourth-order valence-corrected chi connectivity index (χ4v) is 1.23. The SMILES string of the molecule is N[C@@H](CO)c1cn(CC2CC2)nn1. The second-order valence-electron chi connectivity index (χ2n) is 3.60. The highest BCUT2D eigenvalue weighted by molar-refractivity contribution is 4.99. The van der Waals surface area contributed by atoms with Crippen LogP contribution in [0.5, 0.6) is 0 Å². The molecule has 1 aliphatic carbocycles. The Bertz CT molecular complexity index is 281. The lowest BCUT2D eigenvalue weighted by Gasteiger charge is -2.00. The maximum atomic E-state index is 8.79. The zero-order valence-electron chi connectivity index (χ0n) is 7.43. The van der Waals surface area contributed by atoms with Gasteiger partial charge in [-0.05, 0) is 18.8 Å². The van der Waals surface area contributed by atoms with E-state index >= 15 is 0 Å². The molecule has 0 unspecified atom stereocenters. The molecule has 0 saturated heterocycles. The van der Waals surface area contributed by atoms with Gasteiger partial charge in [-0.2, -0.15) is 0 Å². The van der Waals surface area contributed by atoms with Crippen LogP contribution in [0, 0.1) is 5.92 Å². The Morgan fingerprint density at radius 1 is 1.69 bits per heavy atom. The number of hydrogen-bond donors (Lipinski definition) is 2. The summed E-state index contributed by atoms with van der Waals surface area (Å²) in [7, 11) is 0. The lowest BCUT2D eigenvalue weighted by Crippen LogP contribution is -2.14. The van der Waals surface area contributed by atoms with Gasteiger partial charge in [0.05, 0.1) is 18.8 Å². The molecule has 0 radical (unpaired) electrons. The topological polar surface area (TPSA) is 77.0 Å². The van der Waals surface area contributed by atoms with E-state index in [1.165, 1.54) is 12.8 Å². The second-order valence-corrected chi connectivity index (χ2v) is 3.60. The smallest absolute Gasteiger partial charge is 0.102 e. The highest BCUT2D eigenvalue weighted by atomic mass is 16.3. The predicted molar refractivity (Wildman–Crippen MR) is 46.8 cm³/mol. The minimum absolute atomic E-state index is 0.0812. The zero-order valence-corrected chi connectivity index (χ0v) is 7.43. The summed E-state index contributed by atoms with van der Waals surface area (Å²) in [6.45, 7) is 0.854. The lowest BCUT2D eigenvalue weighted by atomic mass is 10.2. The molecule has 0 bridgehead atoms. The summed E-state index contributed by atoms with van der Waals surface area (Å²) >= 11 is 0. The molecular formula is C8H14N4O. The van der Waals surface area contributed by atoms with Crippen molar-refractivity contribution in [2.24, 2.45) is 11.7 Å². The van der Waals surface area contributed by atoms with Crippen LogP contribution < -0.4 is 5.73 Å². The van der Waals surface area contributed by atoms with Crippen LogP contribution in [0.3, 0.4) is 0 Å². The average Bonchev–Trinajstić information content (AvgIpc) is 2.81. The van der Waals surface area contributed by atoms with E-state index < -0.39 is 6.04 Å². The van der Waals surface area contributed by atoms with Crippen LogP contribution >= 0.6 is 0 Å². The molecular weight excluding hydrogens is 168 g/mol. The Morgan fingerprint density at radius 2 is 2.46 bits per heavy atom. The maximum absolute atomic E-state index is 8.79. The van der Waals surface area contributed by atoms with Crippen LogP contribution in [0.1, 0.15) is 24.6 Å². The Labute approximate surface area is 76.5 Å². The van der Waals surface area contributed by atoms with E-state index in [1.807, 2.05) is 10.9 Å². The number of nitrogens with two attached hydrogens (primary N) is 1. The first-order valence-corrected chi connectivity index (χ1v) is 4.56. The van der Waals surface area contributed by atoms with Crippen LogP contribution in [-0.2, 0) is 6.54 Å².